The van der Waals surface area contributed by atoms with Crippen molar-refractivity contribution in [3.8, 4) is 16.3 Å². The summed E-state index contributed by atoms with van der Waals surface area (Å²) < 4.78 is 5.19. The number of amides is 1. The van der Waals surface area contributed by atoms with Gasteiger partial charge in [0.25, 0.3) is 5.91 Å². The van der Waals surface area contributed by atoms with E-state index in [1.807, 2.05) is 36.1 Å². The van der Waals surface area contributed by atoms with Gasteiger partial charge >= 0.3 is 0 Å². The Morgan fingerprint density at radius 1 is 1.30 bits per heavy atom. The van der Waals surface area contributed by atoms with E-state index in [-0.39, 0.29) is 5.91 Å². The van der Waals surface area contributed by atoms with Crippen LogP contribution in [-0.2, 0) is 0 Å². The highest BCUT2D eigenvalue weighted by molar-refractivity contribution is 7.17. The number of hydrogen-bond acceptors (Lipinski definition) is 4. The van der Waals surface area contributed by atoms with Gasteiger partial charge in [-0.15, -0.1) is 11.3 Å². The Bertz CT molecular complexity index is 694. The van der Waals surface area contributed by atoms with E-state index in [1.54, 1.807) is 7.11 Å². The number of piperidine rings is 1. The lowest BCUT2D eigenvalue weighted by Gasteiger charge is -2.33. The lowest BCUT2D eigenvalue weighted by Crippen LogP contribution is -2.41. The zero-order valence-electron chi connectivity index (χ0n) is 13.8. The van der Waals surface area contributed by atoms with Gasteiger partial charge in [0.05, 0.1) is 12.8 Å². The molecule has 1 aliphatic heterocycles. The molecule has 2 heterocycles. The van der Waals surface area contributed by atoms with Gasteiger partial charge in [-0.1, -0.05) is 0 Å². The van der Waals surface area contributed by atoms with Gasteiger partial charge in [0, 0.05) is 18.2 Å². The summed E-state index contributed by atoms with van der Waals surface area (Å²) in [6, 6.07) is 8.12. The molecular formula is C18H22N2O2S. The molecule has 4 nitrogen and oxygen atoms in total. The van der Waals surface area contributed by atoms with Crippen molar-refractivity contribution in [3.05, 3.63) is 34.8 Å². The molecule has 0 radical (unpaired) electrons. The van der Waals surface area contributed by atoms with Crippen molar-refractivity contribution in [2.45, 2.75) is 39.2 Å². The summed E-state index contributed by atoms with van der Waals surface area (Å²) in [6.45, 7) is 4.92. The van der Waals surface area contributed by atoms with Crippen LogP contribution in [-0.4, -0.2) is 35.5 Å². The number of ether oxygens (including phenoxy) is 1. The number of carbonyl (C=O) groups excluding carboxylic acids is 1. The van der Waals surface area contributed by atoms with Gasteiger partial charge in [0.2, 0.25) is 0 Å². The molecule has 23 heavy (non-hydrogen) atoms. The average Bonchev–Trinajstić information content (AvgIpc) is 2.96. The molecule has 1 aromatic heterocycles. The minimum atomic E-state index is 0.131. The molecule has 1 fully saturated rings. The van der Waals surface area contributed by atoms with E-state index in [0.717, 1.165) is 46.3 Å². The van der Waals surface area contributed by atoms with E-state index >= 15 is 0 Å². The summed E-state index contributed by atoms with van der Waals surface area (Å²) >= 11 is 1.49. The topological polar surface area (TPSA) is 42.4 Å². The van der Waals surface area contributed by atoms with E-state index in [4.69, 9.17) is 4.74 Å². The molecule has 1 amide bonds. The summed E-state index contributed by atoms with van der Waals surface area (Å²) in [5, 5.41) is 0.887. The fourth-order valence-electron chi connectivity index (χ4n) is 2.98. The van der Waals surface area contributed by atoms with E-state index in [0.29, 0.717) is 6.04 Å². The molecule has 0 aliphatic carbocycles. The van der Waals surface area contributed by atoms with Crippen LogP contribution < -0.4 is 4.74 Å². The Morgan fingerprint density at radius 2 is 2.04 bits per heavy atom. The Balaban J connectivity index is 1.86. The molecule has 3 rings (SSSR count). The fourth-order valence-corrected chi connectivity index (χ4v) is 4.01. The highest BCUT2D eigenvalue weighted by atomic mass is 32.1. The highest BCUT2D eigenvalue weighted by Crippen LogP contribution is 2.31. The summed E-state index contributed by atoms with van der Waals surface area (Å²) in [7, 11) is 1.65. The summed E-state index contributed by atoms with van der Waals surface area (Å²) in [5.41, 5.74) is 1.84. The SMILES string of the molecule is COc1ccc(-c2nc(C)c(C(=O)N3CCCCC3C)s2)cc1. The summed E-state index contributed by atoms with van der Waals surface area (Å²) in [6.07, 6.45) is 3.40. The minimum absolute atomic E-state index is 0.131. The maximum absolute atomic E-state index is 12.9. The smallest absolute Gasteiger partial charge is 0.266 e. The summed E-state index contributed by atoms with van der Waals surface area (Å²) in [5.74, 6) is 0.951. The molecule has 1 unspecified atom stereocenters. The van der Waals surface area contributed by atoms with Gasteiger partial charge in [0.1, 0.15) is 15.6 Å². The Kier molecular flexibility index (Phi) is 4.66. The van der Waals surface area contributed by atoms with Gasteiger partial charge in [0.15, 0.2) is 0 Å². The molecule has 122 valence electrons. The van der Waals surface area contributed by atoms with E-state index in [9.17, 15) is 4.79 Å². The maximum Gasteiger partial charge on any atom is 0.266 e. The monoisotopic (exact) mass is 330 g/mol. The second-order valence-electron chi connectivity index (χ2n) is 6.01. The third-order valence-electron chi connectivity index (χ3n) is 4.39. The lowest BCUT2D eigenvalue weighted by atomic mass is 10.0. The number of thiazole rings is 1. The van der Waals surface area contributed by atoms with Gasteiger partial charge in [-0.2, -0.15) is 0 Å². The standard InChI is InChI=1S/C18H22N2O2S/c1-12-6-4-5-11-20(12)18(21)16-13(2)19-17(23-16)14-7-9-15(22-3)10-8-14/h7-10,12H,4-6,11H2,1-3H3. The van der Waals surface area contributed by atoms with Crippen LogP contribution in [0.25, 0.3) is 10.6 Å². The van der Waals surface area contributed by atoms with Crippen molar-refractivity contribution in [3.63, 3.8) is 0 Å². The average molecular weight is 330 g/mol. The molecule has 0 saturated carbocycles. The molecular weight excluding hydrogens is 308 g/mol. The number of carbonyl (C=O) groups is 1. The number of rotatable bonds is 3. The number of methoxy groups -OCH3 is 1. The molecule has 5 heteroatoms. The molecule has 1 aliphatic rings. The van der Waals surface area contributed by atoms with Crippen LogP contribution >= 0.6 is 11.3 Å². The lowest BCUT2D eigenvalue weighted by molar-refractivity contribution is 0.0639. The van der Waals surface area contributed by atoms with E-state index in [2.05, 4.69) is 11.9 Å². The van der Waals surface area contributed by atoms with Crippen LogP contribution in [0.3, 0.4) is 0 Å². The quantitative estimate of drug-likeness (QED) is 0.849. The first-order valence-electron chi connectivity index (χ1n) is 8.03. The predicted octanol–water partition coefficient (Wildman–Crippen LogP) is 4.14. The molecule has 0 spiro atoms. The van der Waals surface area contributed by atoms with Crippen LogP contribution in [0.4, 0.5) is 0 Å². The minimum Gasteiger partial charge on any atom is -0.497 e. The number of likely N-dealkylation sites (tertiary alicyclic amines) is 1. The van der Waals surface area contributed by atoms with Crippen molar-refractivity contribution in [1.29, 1.82) is 0 Å². The number of nitrogens with zero attached hydrogens (tertiary/aromatic N) is 2. The third-order valence-corrected chi connectivity index (χ3v) is 5.59. The van der Waals surface area contributed by atoms with Crippen LogP contribution in [0.5, 0.6) is 5.75 Å². The number of aromatic nitrogens is 1. The molecule has 1 aromatic carbocycles. The zero-order valence-corrected chi connectivity index (χ0v) is 14.7. The van der Waals surface area contributed by atoms with Crippen LogP contribution in [0, 0.1) is 6.92 Å². The number of benzene rings is 1. The molecule has 2 aromatic rings. The van der Waals surface area contributed by atoms with Crippen molar-refractivity contribution >= 4 is 17.2 Å². The first kappa shape index (κ1) is 16.0. The zero-order chi connectivity index (χ0) is 16.4. The van der Waals surface area contributed by atoms with Crippen LogP contribution in [0.15, 0.2) is 24.3 Å². The third kappa shape index (κ3) is 3.24. The van der Waals surface area contributed by atoms with E-state index in [1.165, 1.54) is 17.8 Å². The second kappa shape index (κ2) is 6.71. The van der Waals surface area contributed by atoms with Crippen LogP contribution in [0.1, 0.15) is 41.6 Å². The Hall–Kier alpha value is -1.88. The first-order chi connectivity index (χ1) is 11.1. The maximum atomic E-state index is 12.9. The van der Waals surface area contributed by atoms with Gasteiger partial charge < -0.3 is 9.64 Å². The molecule has 1 atom stereocenters. The predicted molar refractivity (Wildman–Crippen MR) is 93.2 cm³/mol. The van der Waals surface area contributed by atoms with Gasteiger partial charge in [-0.05, 0) is 57.4 Å². The normalized spacial score (nSPS) is 18.0. The number of hydrogen-bond donors (Lipinski definition) is 0. The van der Waals surface area contributed by atoms with Gasteiger partial charge in [-0.3, -0.25) is 4.79 Å². The highest BCUT2D eigenvalue weighted by Gasteiger charge is 2.27. The second-order valence-corrected chi connectivity index (χ2v) is 7.00. The van der Waals surface area contributed by atoms with Gasteiger partial charge in [-0.25, -0.2) is 4.98 Å². The van der Waals surface area contributed by atoms with Crippen molar-refractivity contribution in [2.24, 2.45) is 0 Å². The number of aryl methyl sites for hydroxylation is 1. The van der Waals surface area contributed by atoms with E-state index < -0.39 is 0 Å². The Labute approximate surface area is 141 Å². The van der Waals surface area contributed by atoms with Crippen molar-refractivity contribution in [1.82, 2.24) is 9.88 Å². The van der Waals surface area contributed by atoms with Crippen molar-refractivity contribution < 1.29 is 9.53 Å². The van der Waals surface area contributed by atoms with Crippen LogP contribution in [0.2, 0.25) is 0 Å². The molecule has 0 bridgehead atoms. The van der Waals surface area contributed by atoms with Crippen molar-refractivity contribution in [2.75, 3.05) is 13.7 Å². The molecule has 0 N–H and O–H groups in total. The first-order valence-corrected chi connectivity index (χ1v) is 8.84. The fraction of sp³-hybridized carbons (Fsp3) is 0.444. The largest absolute Gasteiger partial charge is 0.497 e. The Morgan fingerprint density at radius 3 is 2.70 bits per heavy atom. The summed E-state index contributed by atoms with van der Waals surface area (Å²) in [4.78, 5) is 20.2. The molecule has 1 saturated heterocycles.